The maximum Gasteiger partial charge on any atom is 0.325 e. The molecule has 2 rings (SSSR count). The second kappa shape index (κ2) is 5.20. The summed E-state index contributed by atoms with van der Waals surface area (Å²) in [6.07, 6.45) is 1.83. The smallest absolute Gasteiger partial charge is 0.325 e. The van der Waals surface area contributed by atoms with E-state index >= 15 is 0 Å². The second-order valence-corrected chi connectivity index (χ2v) is 4.30. The number of ether oxygens (including phenoxy) is 1. The van der Waals surface area contributed by atoms with E-state index in [1.54, 1.807) is 19.9 Å². The molecule has 1 amide bonds. The largest absolute Gasteiger partial charge is 0.465 e. The van der Waals surface area contributed by atoms with Crippen molar-refractivity contribution < 1.29 is 18.8 Å². The van der Waals surface area contributed by atoms with Gasteiger partial charge in [0.15, 0.2) is 0 Å². The topological polar surface area (TPSA) is 72.6 Å². The van der Waals surface area contributed by atoms with Gasteiger partial charge in [0.1, 0.15) is 6.54 Å². The van der Waals surface area contributed by atoms with Gasteiger partial charge in [0, 0.05) is 12.1 Å². The van der Waals surface area contributed by atoms with Crippen LogP contribution < -0.4 is 0 Å². The van der Waals surface area contributed by atoms with Gasteiger partial charge < -0.3 is 14.2 Å². The van der Waals surface area contributed by atoms with Crippen LogP contribution in [0.4, 0.5) is 0 Å². The molecule has 0 aliphatic heterocycles. The van der Waals surface area contributed by atoms with Crippen LogP contribution in [0.25, 0.3) is 0 Å². The molecule has 0 unspecified atom stereocenters. The third kappa shape index (κ3) is 2.88. The molecule has 0 radical (unpaired) electrons. The van der Waals surface area contributed by atoms with E-state index in [-0.39, 0.29) is 24.3 Å². The minimum atomic E-state index is -0.394. The molecule has 1 aromatic heterocycles. The van der Waals surface area contributed by atoms with Gasteiger partial charge in [-0.3, -0.25) is 9.59 Å². The van der Waals surface area contributed by atoms with Crippen LogP contribution in [0.2, 0.25) is 0 Å². The number of carbonyl (C=O) groups is 2. The van der Waals surface area contributed by atoms with Gasteiger partial charge in [0.25, 0.3) is 5.91 Å². The first kappa shape index (κ1) is 12.6. The normalized spacial score (nSPS) is 14.3. The summed E-state index contributed by atoms with van der Waals surface area (Å²) in [5.41, 5.74) is 0.644. The molecule has 1 aliphatic carbocycles. The zero-order valence-corrected chi connectivity index (χ0v) is 10.5. The maximum atomic E-state index is 12.2. The van der Waals surface area contributed by atoms with Crippen LogP contribution in [0.15, 0.2) is 10.6 Å². The van der Waals surface area contributed by atoms with Crippen molar-refractivity contribution in [3.63, 3.8) is 0 Å². The lowest BCUT2D eigenvalue weighted by Crippen LogP contribution is -2.38. The highest BCUT2D eigenvalue weighted by atomic mass is 16.5. The molecule has 18 heavy (non-hydrogen) atoms. The van der Waals surface area contributed by atoms with E-state index in [4.69, 9.17) is 9.26 Å². The SMILES string of the molecule is CCOC(=O)CN(C(=O)c1cc(C)no1)C1CC1. The van der Waals surface area contributed by atoms with Crippen LogP contribution in [0.3, 0.4) is 0 Å². The predicted octanol–water partition coefficient (Wildman–Crippen LogP) is 1.15. The molecule has 6 heteroatoms. The van der Waals surface area contributed by atoms with E-state index in [2.05, 4.69) is 5.16 Å². The van der Waals surface area contributed by atoms with Gasteiger partial charge in [-0.15, -0.1) is 0 Å². The average Bonchev–Trinajstić information content (AvgIpc) is 3.08. The lowest BCUT2D eigenvalue weighted by atomic mass is 10.3. The molecular formula is C12H16N2O4. The Kier molecular flexibility index (Phi) is 3.64. The molecule has 1 aliphatic rings. The van der Waals surface area contributed by atoms with Gasteiger partial charge in [-0.2, -0.15) is 0 Å². The molecule has 0 atom stereocenters. The second-order valence-electron chi connectivity index (χ2n) is 4.30. The summed E-state index contributed by atoms with van der Waals surface area (Å²) >= 11 is 0. The summed E-state index contributed by atoms with van der Waals surface area (Å²) in [5, 5.41) is 3.68. The fourth-order valence-electron chi connectivity index (χ4n) is 1.70. The number of esters is 1. The van der Waals surface area contributed by atoms with Crippen molar-refractivity contribution >= 4 is 11.9 Å². The number of nitrogens with zero attached hydrogens (tertiary/aromatic N) is 2. The van der Waals surface area contributed by atoms with Crippen molar-refractivity contribution in [1.82, 2.24) is 10.1 Å². The van der Waals surface area contributed by atoms with Crippen LogP contribution in [-0.2, 0) is 9.53 Å². The van der Waals surface area contributed by atoms with Crippen LogP contribution in [0.5, 0.6) is 0 Å². The minimum absolute atomic E-state index is 0.0307. The lowest BCUT2D eigenvalue weighted by molar-refractivity contribution is -0.144. The van der Waals surface area contributed by atoms with Gasteiger partial charge in [0.2, 0.25) is 5.76 Å². The summed E-state index contributed by atoms with van der Waals surface area (Å²) in [6.45, 7) is 3.76. The number of aryl methyl sites for hydroxylation is 1. The fraction of sp³-hybridized carbons (Fsp3) is 0.583. The Labute approximate surface area is 105 Å². The zero-order chi connectivity index (χ0) is 13.1. The standard InChI is InChI=1S/C12H16N2O4/c1-3-17-11(15)7-14(9-4-5-9)12(16)10-6-8(2)13-18-10/h6,9H,3-5,7H2,1-2H3. The average molecular weight is 252 g/mol. The van der Waals surface area contributed by atoms with E-state index in [1.807, 2.05) is 0 Å². The molecule has 0 aromatic carbocycles. The van der Waals surface area contributed by atoms with E-state index < -0.39 is 5.97 Å². The number of hydrogen-bond acceptors (Lipinski definition) is 5. The quantitative estimate of drug-likeness (QED) is 0.735. The highest BCUT2D eigenvalue weighted by molar-refractivity contribution is 5.94. The van der Waals surface area contributed by atoms with Crippen LogP contribution in [0.1, 0.15) is 36.0 Å². The van der Waals surface area contributed by atoms with Gasteiger partial charge in [0.05, 0.1) is 12.3 Å². The van der Waals surface area contributed by atoms with Gasteiger partial charge >= 0.3 is 5.97 Å². The maximum absolute atomic E-state index is 12.2. The lowest BCUT2D eigenvalue weighted by Gasteiger charge is -2.19. The third-order valence-corrected chi connectivity index (χ3v) is 2.69. The fourth-order valence-corrected chi connectivity index (χ4v) is 1.70. The molecule has 1 aromatic rings. The summed E-state index contributed by atoms with van der Waals surface area (Å²) in [4.78, 5) is 25.1. The first-order chi connectivity index (χ1) is 8.61. The number of hydrogen-bond donors (Lipinski definition) is 0. The van der Waals surface area contributed by atoms with E-state index in [0.717, 1.165) is 12.8 Å². The Morgan fingerprint density at radius 3 is 2.78 bits per heavy atom. The highest BCUT2D eigenvalue weighted by Gasteiger charge is 2.36. The van der Waals surface area contributed by atoms with E-state index in [9.17, 15) is 9.59 Å². The Balaban J connectivity index is 2.05. The van der Waals surface area contributed by atoms with Crippen molar-refractivity contribution in [2.24, 2.45) is 0 Å². The monoisotopic (exact) mass is 252 g/mol. The summed E-state index contributed by atoms with van der Waals surface area (Å²) < 4.78 is 9.80. The molecule has 0 N–H and O–H groups in total. The van der Waals surface area contributed by atoms with E-state index in [0.29, 0.717) is 12.3 Å². The first-order valence-electron chi connectivity index (χ1n) is 6.01. The highest BCUT2D eigenvalue weighted by Crippen LogP contribution is 2.28. The van der Waals surface area contributed by atoms with Gasteiger partial charge in [-0.05, 0) is 26.7 Å². The molecule has 1 saturated carbocycles. The molecule has 98 valence electrons. The van der Waals surface area contributed by atoms with Crippen molar-refractivity contribution in [3.05, 3.63) is 17.5 Å². The molecular weight excluding hydrogens is 236 g/mol. The number of rotatable bonds is 5. The van der Waals surface area contributed by atoms with Crippen molar-refractivity contribution in [2.75, 3.05) is 13.2 Å². The van der Waals surface area contributed by atoms with Crippen LogP contribution in [-0.4, -0.2) is 41.1 Å². The molecule has 1 fully saturated rings. The number of aromatic nitrogens is 1. The molecule has 0 spiro atoms. The Bertz CT molecular complexity index is 451. The molecule has 0 saturated heterocycles. The first-order valence-corrected chi connectivity index (χ1v) is 6.01. The van der Waals surface area contributed by atoms with E-state index in [1.165, 1.54) is 4.90 Å². The van der Waals surface area contributed by atoms with Crippen molar-refractivity contribution in [1.29, 1.82) is 0 Å². The summed E-state index contributed by atoms with van der Waals surface area (Å²) in [6, 6.07) is 1.69. The predicted molar refractivity (Wildman–Crippen MR) is 61.9 cm³/mol. The van der Waals surface area contributed by atoms with Crippen LogP contribution in [0, 0.1) is 6.92 Å². The third-order valence-electron chi connectivity index (χ3n) is 2.69. The number of carbonyl (C=O) groups excluding carboxylic acids is 2. The minimum Gasteiger partial charge on any atom is -0.465 e. The van der Waals surface area contributed by atoms with Gasteiger partial charge in [-0.1, -0.05) is 5.16 Å². The van der Waals surface area contributed by atoms with Gasteiger partial charge in [-0.25, -0.2) is 0 Å². The van der Waals surface area contributed by atoms with Crippen molar-refractivity contribution in [2.45, 2.75) is 32.7 Å². The Morgan fingerprint density at radius 1 is 1.56 bits per heavy atom. The molecule has 6 nitrogen and oxygen atoms in total. The Hall–Kier alpha value is -1.85. The molecule has 1 heterocycles. The Morgan fingerprint density at radius 2 is 2.28 bits per heavy atom. The number of amides is 1. The molecule has 0 bridgehead atoms. The summed E-state index contributed by atoms with van der Waals surface area (Å²) in [5.74, 6) is -0.524. The van der Waals surface area contributed by atoms with Crippen molar-refractivity contribution in [3.8, 4) is 0 Å². The summed E-state index contributed by atoms with van der Waals surface area (Å²) in [7, 11) is 0. The zero-order valence-electron chi connectivity index (χ0n) is 10.5. The van der Waals surface area contributed by atoms with Crippen LogP contribution >= 0.6 is 0 Å².